The highest BCUT2D eigenvalue weighted by Gasteiger charge is 2.19. The van der Waals surface area contributed by atoms with Gasteiger partial charge in [0, 0.05) is 13.0 Å². The van der Waals surface area contributed by atoms with E-state index >= 15 is 0 Å². The van der Waals surface area contributed by atoms with E-state index in [4.69, 9.17) is 10.5 Å². The Bertz CT molecular complexity index is 242. The average molecular weight is 272 g/mol. The zero-order valence-electron chi connectivity index (χ0n) is 13.2. The summed E-state index contributed by atoms with van der Waals surface area (Å²) in [4.78, 5) is 12.0. The van der Waals surface area contributed by atoms with E-state index in [9.17, 15) is 4.79 Å². The van der Waals surface area contributed by atoms with Crippen LogP contribution in [0.2, 0.25) is 0 Å². The van der Waals surface area contributed by atoms with Crippen LogP contribution < -0.4 is 11.1 Å². The lowest BCUT2D eigenvalue weighted by atomic mass is 9.93. The van der Waals surface area contributed by atoms with Gasteiger partial charge in [-0.3, -0.25) is 4.79 Å². The number of hydrogen-bond donors (Lipinski definition) is 2. The number of hydrogen-bond acceptors (Lipinski definition) is 3. The van der Waals surface area contributed by atoms with Crippen molar-refractivity contribution in [2.45, 2.75) is 53.5 Å². The maximum atomic E-state index is 12.0. The fourth-order valence-electron chi connectivity index (χ4n) is 2.10. The van der Waals surface area contributed by atoms with E-state index in [2.05, 4.69) is 33.0 Å². The van der Waals surface area contributed by atoms with Crippen molar-refractivity contribution in [1.82, 2.24) is 5.32 Å². The highest BCUT2D eigenvalue weighted by molar-refractivity contribution is 5.76. The van der Waals surface area contributed by atoms with Crippen molar-refractivity contribution >= 4 is 5.91 Å². The van der Waals surface area contributed by atoms with Gasteiger partial charge in [0.15, 0.2) is 0 Å². The van der Waals surface area contributed by atoms with E-state index in [1.54, 1.807) is 0 Å². The third-order valence-corrected chi connectivity index (χ3v) is 3.26. The number of nitrogens with one attached hydrogen (secondary N) is 1. The van der Waals surface area contributed by atoms with Crippen LogP contribution in [0.1, 0.15) is 47.5 Å². The van der Waals surface area contributed by atoms with Crippen molar-refractivity contribution in [3.8, 4) is 0 Å². The molecule has 0 bridgehead atoms. The van der Waals surface area contributed by atoms with Gasteiger partial charge >= 0.3 is 0 Å². The summed E-state index contributed by atoms with van der Waals surface area (Å²) < 4.78 is 5.41. The minimum absolute atomic E-state index is 0.0879. The molecule has 0 aliphatic rings. The molecule has 1 amide bonds. The molecule has 0 aromatic rings. The van der Waals surface area contributed by atoms with Gasteiger partial charge in [-0.2, -0.15) is 0 Å². The Balaban J connectivity index is 4.23. The second kappa shape index (κ2) is 10.2. The topological polar surface area (TPSA) is 64.3 Å². The molecule has 0 saturated heterocycles. The molecule has 0 aliphatic carbocycles. The lowest BCUT2D eigenvalue weighted by Crippen LogP contribution is -2.43. The molecule has 0 aromatic heterocycles. The van der Waals surface area contributed by atoms with Crippen LogP contribution in [-0.4, -0.2) is 31.7 Å². The molecule has 0 aromatic carbocycles. The van der Waals surface area contributed by atoms with E-state index in [1.807, 2.05) is 6.92 Å². The molecule has 4 heteroatoms. The predicted molar refractivity (Wildman–Crippen MR) is 79.9 cm³/mol. The normalized spacial score (nSPS) is 14.7. The molecule has 0 saturated carbocycles. The SMILES string of the molecule is CCOCC(NC(=O)C[C@@H](CN)CC(C)C)C(C)C. The first-order valence-corrected chi connectivity index (χ1v) is 7.47. The molecule has 0 fully saturated rings. The third-order valence-electron chi connectivity index (χ3n) is 3.26. The van der Waals surface area contributed by atoms with Gasteiger partial charge in [0.25, 0.3) is 0 Å². The minimum Gasteiger partial charge on any atom is -0.380 e. The van der Waals surface area contributed by atoms with Crippen molar-refractivity contribution in [2.75, 3.05) is 19.8 Å². The minimum atomic E-state index is 0.0879. The Labute approximate surface area is 118 Å². The molecule has 0 aliphatic heterocycles. The largest absolute Gasteiger partial charge is 0.380 e. The second-order valence-electron chi connectivity index (χ2n) is 6.01. The fourth-order valence-corrected chi connectivity index (χ4v) is 2.10. The number of nitrogens with two attached hydrogens (primary N) is 1. The first-order chi connectivity index (χ1) is 8.90. The Morgan fingerprint density at radius 1 is 1.26 bits per heavy atom. The Morgan fingerprint density at radius 2 is 1.89 bits per heavy atom. The summed E-state index contributed by atoms with van der Waals surface area (Å²) >= 11 is 0. The lowest BCUT2D eigenvalue weighted by molar-refractivity contribution is -0.123. The van der Waals surface area contributed by atoms with Crippen LogP contribution in [0, 0.1) is 17.8 Å². The predicted octanol–water partition coefficient (Wildman–Crippen LogP) is 2.17. The first kappa shape index (κ1) is 18.4. The van der Waals surface area contributed by atoms with Gasteiger partial charge in [-0.1, -0.05) is 27.7 Å². The third kappa shape index (κ3) is 9.00. The zero-order chi connectivity index (χ0) is 14.8. The number of amides is 1. The summed E-state index contributed by atoms with van der Waals surface area (Å²) in [5.41, 5.74) is 5.74. The Morgan fingerprint density at radius 3 is 2.32 bits per heavy atom. The maximum Gasteiger partial charge on any atom is 0.220 e. The summed E-state index contributed by atoms with van der Waals surface area (Å²) in [5, 5.41) is 3.07. The van der Waals surface area contributed by atoms with Crippen molar-refractivity contribution < 1.29 is 9.53 Å². The molecule has 114 valence electrons. The number of carbonyl (C=O) groups excluding carboxylic acids is 1. The molecule has 1 unspecified atom stereocenters. The van der Waals surface area contributed by atoms with Crippen LogP contribution in [0.15, 0.2) is 0 Å². The monoisotopic (exact) mass is 272 g/mol. The summed E-state index contributed by atoms with van der Waals surface area (Å²) in [7, 11) is 0. The van der Waals surface area contributed by atoms with Gasteiger partial charge in [0.1, 0.15) is 0 Å². The summed E-state index contributed by atoms with van der Waals surface area (Å²) in [5.74, 6) is 1.32. The molecule has 3 N–H and O–H groups in total. The number of ether oxygens (including phenoxy) is 1. The summed E-state index contributed by atoms with van der Waals surface area (Å²) in [6.45, 7) is 12.3. The van der Waals surface area contributed by atoms with E-state index in [0.29, 0.717) is 38.0 Å². The van der Waals surface area contributed by atoms with Crippen LogP contribution >= 0.6 is 0 Å². The number of rotatable bonds is 10. The molecule has 4 nitrogen and oxygen atoms in total. The van der Waals surface area contributed by atoms with Crippen LogP contribution in [0.5, 0.6) is 0 Å². The lowest BCUT2D eigenvalue weighted by Gasteiger charge is -2.24. The van der Waals surface area contributed by atoms with Crippen molar-refractivity contribution in [2.24, 2.45) is 23.5 Å². The maximum absolute atomic E-state index is 12.0. The molecule has 0 radical (unpaired) electrons. The summed E-state index contributed by atoms with van der Waals surface area (Å²) in [6, 6.07) is 0.0879. The van der Waals surface area contributed by atoms with Crippen molar-refractivity contribution in [3.05, 3.63) is 0 Å². The Kier molecular flexibility index (Phi) is 9.88. The van der Waals surface area contributed by atoms with E-state index < -0.39 is 0 Å². The van der Waals surface area contributed by atoms with Gasteiger partial charge < -0.3 is 15.8 Å². The van der Waals surface area contributed by atoms with Crippen LogP contribution in [0.25, 0.3) is 0 Å². The molecule has 0 spiro atoms. The van der Waals surface area contributed by atoms with Gasteiger partial charge in [0.2, 0.25) is 5.91 Å². The van der Waals surface area contributed by atoms with Crippen LogP contribution in [0.3, 0.4) is 0 Å². The first-order valence-electron chi connectivity index (χ1n) is 7.47. The molecule has 0 rings (SSSR count). The van der Waals surface area contributed by atoms with Gasteiger partial charge in [-0.15, -0.1) is 0 Å². The smallest absolute Gasteiger partial charge is 0.220 e. The van der Waals surface area contributed by atoms with Gasteiger partial charge in [0.05, 0.1) is 12.6 Å². The molecular weight excluding hydrogens is 240 g/mol. The Hall–Kier alpha value is -0.610. The fraction of sp³-hybridized carbons (Fsp3) is 0.933. The number of carbonyl (C=O) groups is 1. The standard InChI is InChI=1S/C15H32N2O2/c1-6-19-10-14(12(4)5)17-15(18)8-13(9-16)7-11(2)3/h11-14H,6-10,16H2,1-5H3,(H,17,18)/t13-,14?/m0/s1. The summed E-state index contributed by atoms with van der Waals surface area (Å²) in [6.07, 6.45) is 1.52. The molecule has 19 heavy (non-hydrogen) atoms. The van der Waals surface area contributed by atoms with E-state index in [1.165, 1.54) is 0 Å². The molecule has 2 atom stereocenters. The van der Waals surface area contributed by atoms with Crippen LogP contribution in [-0.2, 0) is 9.53 Å². The van der Waals surface area contributed by atoms with Crippen molar-refractivity contribution in [1.29, 1.82) is 0 Å². The van der Waals surface area contributed by atoms with Crippen LogP contribution in [0.4, 0.5) is 0 Å². The van der Waals surface area contributed by atoms with E-state index in [0.717, 1.165) is 6.42 Å². The van der Waals surface area contributed by atoms with Gasteiger partial charge in [-0.25, -0.2) is 0 Å². The molecular formula is C15H32N2O2. The highest BCUT2D eigenvalue weighted by atomic mass is 16.5. The van der Waals surface area contributed by atoms with E-state index in [-0.39, 0.29) is 17.9 Å². The zero-order valence-corrected chi connectivity index (χ0v) is 13.2. The van der Waals surface area contributed by atoms with Gasteiger partial charge in [-0.05, 0) is 37.6 Å². The highest BCUT2D eigenvalue weighted by Crippen LogP contribution is 2.14. The average Bonchev–Trinajstić information content (AvgIpc) is 2.32. The quantitative estimate of drug-likeness (QED) is 0.640. The molecule has 0 heterocycles. The van der Waals surface area contributed by atoms with Crippen molar-refractivity contribution in [3.63, 3.8) is 0 Å². The second-order valence-corrected chi connectivity index (χ2v) is 6.01.